The highest BCUT2D eigenvalue weighted by Crippen LogP contribution is 2.10. The van der Waals surface area contributed by atoms with Crippen molar-refractivity contribution < 1.29 is 17.9 Å². The van der Waals surface area contributed by atoms with Gasteiger partial charge in [0, 0.05) is 26.1 Å². The molecule has 1 aliphatic rings. The molecule has 0 aromatic rings. The second kappa shape index (κ2) is 6.93. The first-order valence-electron chi connectivity index (χ1n) is 5.96. The van der Waals surface area contributed by atoms with Gasteiger partial charge in [0.1, 0.15) is 0 Å². The first-order chi connectivity index (χ1) is 8.06. The normalized spacial score (nSPS) is 17.2. The highest BCUT2D eigenvalue weighted by atomic mass is 32.2. The Morgan fingerprint density at radius 2 is 2.00 bits per heavy atom. The van der Waals surface area contributed by atoms with E-state index in [-0.39, 0.29) is 18.9 Å². The molecule has 0 aromatic carbocycles. The average Bonchev–Trinajstić information content (AvgIpc) is 2.79. The lowest BCUT2D eigenvalue weighted by atomic mass is 10.3. The molecule has 1 heterocycles. The summed E-state index contributed by atoms with van der Waals surface area (Å²) in [6, 6.07) is 0. The van der Waals surface area contributed by atoms with Gasteiger partial charge in [-0.25, -0.2) is 4.72 Å². The Morgan fingerprint density at radius 3 is 2.59 bits per heavy atom. The molecule has 0 spiro atoms. The molecule has 17 heavy (non-hydrogen) atoms. The van der Waals surface area contributed by atoms with Crippen molar-refractivity contribution in [1.29, 1.82) is 0 Å². The van der Waals surface area contributed by atoms with Crippen molar-refractivity contribution in [3.05, 3.63) is 0 Å². The van der Waals surface area contributed by atoms with Crippen molar-refractivity contribution in [2.24, 2.45) is 0 Å². The third-order valence-corrected chi connectivity index (χ3v) is 4.17. The molecule has 1 N–H and O–H groups in total. The summed E-state index contributed by atoms with van der Waals surface area (Å²) >= 11 is 0. The van der Waals surface area contributed by atoms with Gasteiger partial charge in [-0.05, 0) is 26.2 Å². The molecule has 6 nitrogen and oxygen atoms in total. The van der Waals surface area contributed by atoms with Crippen LogP contribution in [0.3, 0.4) is 0 Å². The van der Waals surface area contributed by atoms with Crippen molar-refractivity contribution in [2.75, 3.05) is 26.2 Å². The van der Waals surface area contributed by atoms with Gasteiger partial charge in [-0.3, -0.25) is 4.79 Å². The molecule has 0 saturated carbocycles. The topological polar surface area (TPSA) is 75.7 Å². The van der Waals surface area contributed by atoms with Crippen molar-refractivity contribution in [2.45, 2.75) is 32.6 Å². The monoisotopic (exact) mass is 264 g/mol. The number of nitrogens with one attached hydrogen (secondary N) is 1. The van der Waals surface area contributed by atoms with Crippen molar-refractivity contribution >= 4 is 16.2 Å². The van der Waals surface area contributed by atoms with E-state index in [9.17, 15) is 13.2 Å². The number of nitrogens with zero attached hydrogens (tertiary/aromatic N) is 1. The van der Waals surface area contributed by atoms with Crippen LogP contribution in [0.1, 0.15) is 32.6 Å². The van der Waals surface area contributed by atoms with Gasteiger partial charge >= 0.3 is 5.97 Å². The fourth-order valence-electron chi connectivity index (χ4n) is 1.69. The summed E-state index contributed by atoms with van der Waals surface area (Å²) in [5, 5.41) is 0. The zero-order valence-corrected chi connectivity index (χ0v) is 11.0. The smallest absolute Gasteiger partial charge is 0.305 e. The van der Waals surface area contributed by atoms with Crippen molar-refractivity contribution in [3.63, 3.8) is 0 Å². The minimum Gasteiger partial charge on any atom is -0.466 e. The van der Waals surface area contributed by atoms with Crippen LogP contribution in [-0.4, -0.2) is 44.9 Å². The average molecular weight is 264 g/mol. The van der Waals surface area contributed by atoms with Crippen molar-refractivity contribution in [3.8, 4) is 0 Å². The summed E-state index contributed by atoms with van der Waals surface area (Å²) in [6.07, 6.45) is 2.55. The van der Waals surface area contributed by atoms with Crippen molar-refractivity contribution in [1.82, 2.24) is 9.03 Å². The standard InChI is InChI=1S/C10H20N2O4S/c1-2-16-10(13)6-5-7-11-17(14,15)12-8-3-4-9-12/h11H,2-9H2,1H3. The zero-order valence-electron chi connectivity index (χ0n) is 10.1. The summed E-state index contributed by atoms with van der Waals surface area (Å²) in [5.41, 5.74) is 0. The Morgan fingerprint density at radius 1 is 1.35 bits per heavy atom. The third-order valence-electron chi connectivity index (χ3n) is 2.55. The molecule has 0 radical (unpaired) electrons. The molecule has 1 aliphatic heterocycles. The maximum Gasteiger partial charge on any atom is 0.305 e. The first-order valence-corrected chi connectivity index (χ1v) is 7.40. The number of esters is 1. The minimum atomic E-state index is -3.34. The van der Waals surface area contributed by atoms with E-state index < -0.39 is 10.2 Å². The molecule has 0 unspecified atom stereocenters. The molecule has 1 rings (SSSR count). The van der Waals surface area contributed by atoms with E-state index in [1.54, 1.807) is 6.92 Å². The van der Waals surface area contributed by atoms with E-state index >= 15 is 0 Å². The Balaban J connectivity index is 2.19. The molecule has 0 atom stereocenters. The second-order valence-corrected chi connectivity index (χ2v) is 5.67. The zero-order chi connectivity index (χ0) is 12.7. The highest BCUT2D eigenvalue weighted by Gasteiger charge is 2.24. The van der Waals surface area contributed by atoms with Crippen LogP contribution in [0.2, 0.25) is 0 Å². The molecule has 100 valence electrons. The van der Waals surface area contributed by atoms with Gasteiger partial charge in [-0.2, -0.15) is 12.7 Å². The fourth-order valence-corrected chi connectivity index (χ4v) is 3.01. The maximum atomic E-state index is 11.7. The lowest BCUT2D eigenvalue weighted by Crippen LogP contribution is -2.39. The molecule has 0 amide bonds. The third kappa shape index (κ3) is 5.01. The maximum absolute atomic E-state index is 11.7. The molecule has 0 aromatic heterocycles. The van der Waals surface area contributed by atoms with Crippen LogP contribution in [0.15, 0.2) is 0 Å². The summed E-state index contributed by atoms with van der Waals surface area (Å²) in [7, 11) is -3.34. The van der Waals surface area contributed by atoms with Crippen LogP contribution in [0.4, 0.5) is 0 Å². The van der Waals surface area contributed by atoms with Gasteiger partial charge in [0.2, 0.25) is 0 Å². The van der Waals surface area contributed by atoms with E-state index in [0.29, 0.717) is 26.1 Å². The van der Waals surface area contributed by atoms with E-state index in [2.05, 4.69) is 4.72 Å². The van der Waals surface area contributed by atoms with E-state index in [0.717, 1.165) is 12.8 Å². The van der Waals surface area contributed by atoms with Crippen LogP contribution < -0.4 is 4.72 Å². The summed E-state index contributed by atoms with van der Waals surface area (Å²) in [5.74, 6) is -0.284. The van der Waals surface area contributed by atoms with E-state index in [4.69, 9.17) is 4.74 Å². The molecular weight excluding hydrogens is 244 g/mol. The Kier molecular flexibility index (Phi) is 5.87. The van der Waals surface area contributed by atoms with Gasteiger partial charge in [-0.15, -0.1) is 0 Å². The second-order valence-electron chi connectivity index (χ2n) is 3.91. The SMILES string of the molecule is CCOC(=O)CCCNS(=O)(=O)N1CCCC1. The number of ether oxygens (including phenoxy) is 1. The Labute approximate surface area is 102 Å². The highest BCUT2D eigenvalue weighted by molar-refractivity contribution is 7.87. The molecule has 1 saturated heterocycles. The number of rotatable bonds is 7. The van der Waals surface area contributed by atoms with E-state index in [1.807, 2.05) is 0 Å². The predicted octanol–water partition coefficient (Wildman–Crippen LogP) is 0.260. The first kappa shape index (κ1) is 14.4. The number of carbonyl (C=O) groups is 1. The van der Waals surface area contributed by atoms with Gasteiger partial charge in [0.15, 0.2) is 0 Å². The molecule has 7 heteroatoms. The lowest BCUT2D eigenvalue weighted by molar-refractivity contribution is -0.143. The number of hydrogen-bond donors (Lipinski definition) is 1. The Hall–Kier alpha value is -0.660. The molecule has 0 bridgehead atoms. The molecule has 0 aliphatic carbocycles. The fraction of sp³-hybridized carbons (Fsp3) is 0.900. The van der Waals surface area contributed by atoms with Crippen LogP contribution >= 0.6 is 0 Å². The number of hydrogen-bond acceptors (Lipinski definition) is 4. The van der Waals surface area contributed by atoms with Gasteiger partial charge in [0.25, 0.3) is 10.2 Å². The summed E-state index contributed by atoms with van der Waals surface area (Å²) in [4.78, 5) is 11.0. The van der Waals surface area contributed by atoms with Crippen LogP contribution in [0.5, 0.6) is 0 Å². The number of carbonyl (C=O) groups excluding carboxylic acids is 1. The van der Waals surface area contributed by atoms with Crippen LogP contribution in [-0.2, 0) is 19.7 Å². The summed E-state index contributed by atoms with van der Waals surface area (Å²) in [6.45, 7) is 3.56. The van der Waals surface area contributed by atoms with Gasteiger partial charge in [0.05, 0.1) is 6.61 Å². The predicted molar refractivity (Wildman–Crippen MR) is 63.6 cm³/mol. The van der Waals surface area contributed by atoms with Gasteiger partial charge in [-0.1, -0.05) is 0 Å². The molecule has 1 fully saturated rings. The lowest BCUT2D eigenvalue weighted by Gasteiger charge is -2.15. The quantitative estimate of drug-likeness (QED) is 0.528. The summed E-state index contributed by atoms with van der Waals surface area (Å²) < 4.78 is 32.1. The van der Waals surface area contributed by atoms with Gasteiger partial charge < -0.3 is 4.74 Å². The Bertz CT molecular complexity index is 336. The van der Waals surface area contributed by atoms with E-state index in [1.165, 1.54) is 4.31 Å². The minimum absolute atomic E-state index is 0.246. The van der Waals surface area contributed by atoms with Crippen LogP contribution in [0.25, 0.3) is 0 Å². The largest absolute Gasteiger partial charge is 0.466 e. The molecular formula is C10H20N2O4S. The van der Waals surface area contributed by atoms with Crippen LogP contribution in [0, 0.1) is 0 Å².